The number of rotatable bonds is 5. The van der Waals surface area contributed by atoms with E-state index in [4.69, 9.17) is 0 Å². The molecule has 1 saturated carbocycles. The molecule has 0 saturated heterocycles. The van der Waals surface area contributed by atoms with Crippen LogP contribution in [0.25, 0.3) is 33.1 Å². The van der Waals surface area contributed by atoms with Crippen LogP contribution in [0.1, 0.15) is 60.5 Å². The molecule has 176 valence electrons. The first-order valence-electron chi connectivity index (χ1n) is 12.2. The van der Waals surface area contributed by atoms with Crippen molar-refractivity contribution in [1.29, 1.82) is 0 Å². The van der Waals surface area contributed by atoms with E-state index < -0.39 is 10.8 Å². The molecule has 2 heterocycles. The van der Waals surface area contributed by atoms with Gasteiger partial charge in [-0.2, -0.15) is 0 Å². The van der Waals surface area contributed by atoms with Crippen LogP contribution in [0.15, 0.2) is 47.5 Å². The minimum Gasteiger partial charge on any atom is -0.349 e. The lowest BCUT2D eigenvalue weighted by Crippen LogP contribution is -2.36. The van der Waals surface area contributed by atoms with E-state index in [2.05, 4.69) is 21.4 Å². The molecule has 1 atom stereocenters. The Bertz CT molecular complexity index is 1420. The van der Waals surface area contributed by atoms with Crippen LogP contribution in [-0.4, -0.2) is 31.9 Å². The van der Waals surface area contributed by atoms with Gasteiger partial charge in [-0.25, -0.2) is 4.98 Å². The fourth-order valence-corrected chi connectivity index (χ4v) is 5.96. The summed E-state index contributed by atoms with van der Waals surface area (Å²) in [4.78, 5) is 22.4. The second-order valence-electron chi connectivity index (χ2n) is 9.35. The number of nitrogens with zero attached hydrogens (tertiary/aromatic N) is 1. The third-order valence-electron chi connectivity index (χ3n) is 6.98. The third kappa shape index (κ3) is 4.16. The maximum atomic E-state index is 13.5. The van der Waals surface area contributed by atoms with Gasteiger partial charge in [0, 0.05) is 39.2 Å². The Morgan fingerprint density at radius 1 is 1.15 bits per heavy atom. The van der Waals surface area contributed by atoms with Gasteiger partial charge in [-0.1, -0.05) is 38.3 Å². The van der Waals surface area contributed by atoms with Crippen LogP contribution in [0.4, 0.5) is 0 Å². The van der Waals surface area contributed by atoms with Crippen molar-refractivity contribution in [2.75, 3.05) is 5.75 Å². The summed E-state index contributed by atoms with van der Waals surface area (Å²) in [6.45, 7) is 5.97. The standard InChI is InChI=1S/C28H31N3O2S/c1-4-34(33)21-12-8-9-19(14-21)23-15-22(28(32)30-20-10-6-5-7-11-20)18(3)26-25(23)24-13-17(2)16-29-27(24)31-26/h8-9,12-16,20H,4-7,10-11H2,1-3H3,(H,29,31)(H,30,32). The Hall–Kier alpha value is -2.99. The van der Waals surface area contributed by atoms with E-state index in [0.29, 0.717) is 11.3 Å². The van der Waals surface area contributed by atoms with Gasteiger partial charge in [-0.05, 0) is 73.2 Å². The van der Waals surface area contributed by atoms with Gasteiger partial charge in [-0.15, -0.1) is 0 Å². The molecule has 34 heavy (non-hydrogen) atoms. The van der Waals surface area contributed by atoms with Crippen molar-refractivity contribution >= 4 is 38.6 Å². The first-order chi connectivity index (χ1) is 16.5. The van der Waals surface area contributed by atoms with Crippen LogP contribution in [0.3, 0.4) is 0 Å². The maximum Gasteiger partial charge on any atom is 0.251 e. The molecular formula is C28H31N3O2S. The number of hydrogen-bond acceptors (Lipinski definition) is 3. The lowest BCUT2D eigenvalue weighted by Gasteiger charge is -2.23. The highest BCUT2D eigenvalue weighted by molar-refractivity contribution is 7.85. The Kier molecular flexibility index (Phi) is 6.26. The number of aromatic nitrogens is 2. The number of pyridine rings is 1. The Labute approximate surface area is 202 Å². The quantitative estimate of drug-likeness (QED) is 0.363. The number of aryl methyl sites for hydroxylation is 2. The van der Waals surface area contributed by atoms with Crippen LogP contribution in [0.2, 0.25) is 0 Å². The molecule has 1 amide bonds. The number of nitrogens with one attached hydrogen (secondary N) is 2. The zero-order chi connectivity index (χ0) is 23.8. The summed E-state index contributed by atoms with van der Waals surface area (Å²) >= 11 is 0. The molecule has 0 aliphatic heterocycles. The molecule has 0 bridgehead atoms. The zero-order valence-corrected chi connectivity index (χ0v) is 20.8. The monoisotopic (exact) mass is 473 g/mol. The Morgan fingerprint density at radius 3 is 2.71 bits per heavy atom. The van der Waals surface area contributed by atoms with Crippen LogP contribution in [-0.2, 0) is 10.8 Å². The molecule has 4 aromatic rings. The highest BCUT2D eigenvalue weighted by Crippen LogP contribution is 2.38. The third-order valence-corrected chi connectivity index (χ3v) is 8.28. The van der Waals surface area contributed by atoms with E-state index in [0.717, 1.165) is 61.9 Å². The van der Waals surface area contributed by atoms with E-state index in [-0.39, 0.29) is 11.9 Å². The lowest BCUT2D eigenvalue weighted by atomic mass is 9.92. The SMILES string of the molecule is CCS(=O)c1cccc(-c2cc(C(=O)NC3CCCCC3)c(C)c3[nH]c4ncc(C)cc4c23)c1. The van der Waals surface area contributed by atoms with Crippen molar-refractivity contribution in [3.05, 3.63) is 59.3 Å². The van der Waals surface area contributed by atoms with Gasteiger partial charge in [0.1, 0.15) is 5.65 Å². The number of carbonyl (C=O) groups excluding carboxylic acids is 1. The first-order valence-corrected chi connectivity index (χ1v) is 13.5. The molecule has 2 aromatic carbocycles. The van der Waals surface area contributed by atoms with Gasteiger partial charge in [0.15, 0.2) is 0 Å². The molecule has 2 aromatic heterocycles. The number of hydrogen-bond donors (Lipinski definition) is 2. The van der Waals surface area contributed by atoms with Gasteiger partial charge < -0.3 is 10.3 Å². The van der Waals surface area contributed by atoms with Crippen molar-refractivity contribution < 1.29 is 9.00 Å². The summed E-state index contributed by atoms with van der Waals surface area (Å²) in [5, 5.41) is 5.37. The average molecular weight is 474 g/mol. The van der Waals surface area contributed by atoms with Crippen LogP contribution < -0.4 is 5.32 Å². The van der Waals surface area contributed by atoms with Gasteiger partial charge in [0.05, 0.1) is 16.3 Å². The highest BCUT2D eigenvalue weighted by Gasteiger charge is 2.23. The molecule has 1 unspecified atom stereocenters. The fraction of sp³-hybridized carbons (Fsp3) is 0.357. The topological polar surface area (TPSA) is 74.8 Å². The smallest absolute Gasteiger partial charge is 0.251 e. The molecule has 0 spiro atoms. The first kappa shape index (κ1) is 22.8. The Balaban J connectivity index is 1.72. The highest BCUT2D eigenvalue weighted by atomic mass is 32.2. The van der Waals surface area contributed by atoms with Gasteiger partial charge in [0.25, 0.3) is 5.91 Å². The van der Waals surface area contributed by atoms with Crippen molar-refractivity contribution in [3.8, 4) is 11.1 Å². The summed E-state index contributed by atoms with van der Waals surface area (Å²) in [7, 11) is -1.05. The number of H-pyrrole nitrogens is 1. The fourth-order valence-electron chi connectivity index (χ4n) is 5.14. The Morgan fingerprint density at radius 2 is 1.94 bits per heavy atom. The van der Waals surface area contributed by atoms with Crippen molar-refractivity contribution in [2.45, 2.75) is 63.8 Å². The van der Waals surface area contributed by atoms with E-state index in [1.54, 1.807) is 0 Å². The molecule has 5 rings (SSSR count). The van der Waals surface area contributed by atoms with Gasteiger partial charge >= 0.3 is 0 Å². The van der Waals surface area contributed by atoms with Crippen LogP contribution in [0, 0.1) is 13.8 Å². The molecule has 6 heteroatoms. The number of carbonyl (C=O) groups is 1. The summed E-state index contributed by atoms with van der Waals surface area (Å²) in [5.41, 5.74) is 6.34. The normalized spacial score (nSPS) is 15.6. The van der Waals surface area contributed by atoms with Gasteiger partial charge in [0.2, 0.25) is 0 Å². The van der Waals surface area contributed by atoms with Crippen LogP contribution in [0.5, 0.6) is 0 Å². The molecule has 1 fully saturated rings. The van der Waals surface area contributed by atoms with E-state index in [1.807, 2.05) is 57.3 Å². The minimum absolute atomic E-state index is 0.0244. The molecule has 5 nitrogen and oxygen atoms in total. The molecular weight excluding hydrogens is 442 g/mol. The minimum atomic E-state index is -1.05. The second kappa shape index (κ2) is 9.34. The second-order valence-corrected chi connectivity index (χ2v) is 11.1. The van der Waals surface area contributed by atoms with E-state index in [1.165, 1.54) is 19.3 Å². The summed E-state index contributed by atoms with van der Waals surface area (Å²) in [6, 6.07) is 12.3. The lowest BCUT2D eigenvalue weighted by molar-refractivity contribution is 0.0927. The van der Waals surface area contributed by atoms with E-state index >= 15 is 0 Å². The molecule has 1 aliphatic rings. The van der Waals surface area contributed by atoms with E-state index in [9.17, 15) is 9.00 Å². The number of aromatic amines is 1. The van der Waals surface area contributed by atoms with Crippen molar-refractivity contribution in [3.63, 3.8) is 0 Å². The predicted octanol–water partition coefficient (Wildman–Crippen LogP) is 6.19. The summed E-state index contributed by atoms with van der Waals surface area (Å²) < 4.78 is 12.5. The largest absolute Gasteiger partial charge is 0.349 e. The zero-order valence-electron chi connectivity index (χ0n) is 20.0. The average Bonchev–Trinajstić information content (AvgIpc) is 3.24. The number of benzene rings is 2. The van der Waals surface area contributed by atoms with Crippen molar-refractivity contribution in [1.82, 2.24) is 15.3 Å². The number of amides is 1. The summed E-state index contributed by atoms with van der Waals surface area (Å²) in [6.07, 6.45) is 7.53. The molecule has 2 N–H and O–H groups in total. The molecule has 1 aliphatic carbocycles. The van der Waals surface area contributed by atoms with Crippen LogP contribution >= 0.6 is 0 Å². The predicted molar refractivity (Wildman–Crippen MR) is 140 cm³/mol. The molecule has 0 radical (unpaired) electrons. The van der Waals surface area contributed by atoms with Crippen molar-refractivity contribution in [2.24, 2.45) is 0 Å². The summed E-state index contributed by atoms with van der Waals surface area (Å²) in [5.74, 6) is 0.543. The maximum absolute atomic E-state index is 13.5. The number of fused-ring (bicyclic) bond motifs is 3. The van der Waals surface area contributed by atoms with Gasteiger partial charge in [-0.3, -0.25) is 9.00 Å².